The van der Waals surface area contributed by atoms with Crippen molar-refractivity contribution >= 4 is 43.5 Å². The molecular formula is C15H18Br2ClN3. The third kappa shape index (κ3) is 3.70. The topological polar surface area (TPSA) is 43.8 Å². The first kappa shape index (κ1) is 17.0. The fourth-order valence-corrected chi connectivity index (χ4v) is 3.87. The molecule has 0 spiro atoms. The molecule has 0 fully saturated rings. The maximum Gasteiger partial charge on any atom is 0.0766 e. The first-order chi connectivity index (χ1) is 9.97. The maximum atomic E-state index is 6.36. The highest BCUT2D eigenvalue weighted by molar-refractivity contribution is 9.10. The van der Waals surface area contributed by atoms with Crippen molar-refractivity contribution in [2.24, 2.45) is 5.73 Å². The van der Waals surface area contributed by atoms with Crippen LogP contribution in [0.3, 0.4) is 0 Å². The van der Waals surface area contributed by atoms with Crippen LogP contribution in [0.4, 0.5) is 0 Å². The molecule has 1 unspecified atom stereocenters. The van der Waals surface area contributed by atoms with Crippen LogP contribution in [-0.2, 0) is 19.4 Å². The Kier molecular flexibility index (Phi) is 5.88. The quantitative estimate of drug-likeness (QED) is 0.727. The predicted molar refractivity (Wildman–Crippen MR) is 94.8 cm³/mol. The first-order valence-corrected chi connectivity index (χ1v) is 8.88. The molecule has 0 saturated heterocycles. The lowest BCUT2D eigenvalue weighted by atomic mass is 10.0. The minimum absolute atomic E-state index is 0.159. The molecule has 21 heavy (non-hydrogen) atoms. The summed E-state index contributed by atoms with van der Waals surface area (Å²) in [5, 5.41) is 5.29. The lowest BCUT2D eigenvalue weighted by Crippen LogP contribution is -2.17. The Balaban J connectivity index is 2.31. The summed E-state index contributed by atoms with van der Waals surface area (Å²) < 4.78 is 4.03. The molecule has 0 amide bonds. The number of benzene rings is 1. The molecule has 1 aromatic heterocycles. The van der Waals surface area contributed by atoms with E-state index in [1.165, 1.54) is 0 Å². The Morgan fingerprint density at radius 1 is 1.33 bits per heavy atom. The van der Waals surface area contributed by atoms with Crippen molar-refractivity contribution in [2.75, 3.05) is 0 Å². The van der Waals surface area contributed by atoms with Crippen LogP contribution in [0.25, 0.3) is 0 Å². The summed E-state index contributed by atoms with van der Waals surface area (Å²) in [5.41, 5.74) is 9.51. The summed E-state index contributed by atoms with van der Waals surface area (Å²) in [6, 6.07) is 5.65. The van der Waals surface area contributed by atoms with Crippen molar-refractivity contribution in [1.29, 1.82) is 0 Å². The van der Waals surface area contributed by atoms with Crippen LogP contribution in [0.1, 0.15) is 36.8 Å². The van der Waals surface area contributed by atoms with Crippen molar-refractivity contribution in [3.8, 4) is 0 Å². The zero-order valence-corrected chi connectivity index (χ0v) is 16.0. The van der Waals surface area contributed by atoms with Gasteiger partial charge in [0, 0.05) is 28.5 Å². The first-order valence-electron chi connectivity index (χ1n) is 6.92. The minimum atomic E-state index is -0.159. The van der Waals surface area contributed by atoms with Gasteiger partial charge in [-0.05, 0) is 47.0 Å². The Labute approximate surface area is 147 Å². The summed E-state index contributed by atoms with van der Waals surface area (Å²) in [6.45, 7) is 5.01. The molecule has 0 aliphatic heterocycles. The second kappa shape index (κ2) is 7.27. The van der Waals surface area contributed by atoms with Gasteiger partial charge in [0.25, 0.3) is 0 Å². The number of aromatic nitrogens is 2. The van der Waals surface area contributed by atoms with E-state index < -0.39 is 0 Å². The van der Waals surface area contributed by atoms with Crippen LogP contribution >= 0.6 is 43.5 Å². The minimum Gasteiger partial charge on any atom is -0.324 e. The Morgan fingerprint density at radius 2 is 2.05 bits per heavy atom. The number of rotatable bonds is 5. The summed E-state index contributed by atoms with van der Waals surface area (Å²) >= 11 is 13.4. The van der Waals surface area contributed by atoms with Crippen molar-refractivity contribution < 1.29 is 0 Å². The molecule has 0 aliphatic carbocycles. The van der Waals surface area contributed by atoms with Crippen molar-refractivity contribution in [1.82, 2.24) is 9.78 Å². The smallest absolute Gasteiger partial charge is 0.0766 e. The fraction of sp³-hybridized carbons (Fsp3) is 0.400. The van der Waals surface area contributed by atoms with Crippen molar-refractivity contribution in [2.45, 2.75) is 39.3 Å². The molecule has 2 rings (SSSR count). The third-order valence-corrected chi connectivity index (χ3v) is 5.21. The molecule has 0 radical (unpaired) electrons. The van der Waals surface area contributed by atoms with E-state index in [0.29, 0.717) is 11.4 Å². The summed E-state index contributed by atoms with van der Waals surface area (Å²) in [4.78, 5) is 0. The summed E-state index contributed by atoms with van der Waals surface area (Å²) in [5.74, 6) is 0. The molecule has 3 nitrogen and oxygen atoms in total. The standard InChI is InChI=1S/C15H18Br2ClN3/c1-3-13-15(17)14(21(4-2)20-13)8-12(19)10-6-5-9(16)7-11(10)18/h5-7,12H,3-4,8,19H2,1-2H3. The van der Waals surface area contributed by atoms with E-state index in [2.05, 4.69) is 50.8 Å². The highest BCUT2D eigenvalue weighted by Gasteiger charge is 2.19. The zero-order valence-electron chi connectivity index (χ0n) is 12.0. The molecule has 2 aromatic rings. The summed E-state index contributed by atoms with van der Waals surface area (Å²) in [6.07, 6.45) is 1.59. The predicted octanol–water partition coefficient (Wildman–Crippen LogP) is 4.89. The number of hydrogen-bond donors (Lipinski definition) is 1. The number of aryl methyl sites for hydroxylation is 2. The largest absolute Gasteiger partial charge is 0.324 e. The van der Waals surface area contributed by atoms with Gasteiger partial charge in [-0.2, -0.15) is 5.10 Å². The van der Waals surface area contributed by atoms with E-state index in [-0.39, 0.29) is 6.04 Å². The molecule has 114 valence electrons. The van der Waals surface area contributed by atoms with Crippen LogP contribution < -0.4 is 5.73 Å². The van der Waals surface area contributed by atoms with E-state index in [0.717, 1.165) is 38.9 Å². The van der Waals surface area contributed by atoms with Crippen molar-refractivity contribution in [3.63, 3.8) is 0 Å². The van der Waals surface area contributed by atoms with Gasteiger partial charge in [-0.3, -0.25) is 4.68 Å². The SMILES string of the molecule is CCc1nn(CC)c(CC(N)c2ccc(Br)cc2Cl)c1Br. The van der Waals surface area contributed by atoms with Crippen LogP contribution in [0.5, 0.6) is 0 Å². The Morgan fingerprint density at radius 3 is 2.62 bits per heavy atom. The molecule has 2 N–H and O–H groups in total. The van der Waals surface area contributed by atoms with E-state index in [1.54, 1.807) is 0 Å². The molecule has 0 aliphatic rings. The molecule has 1 atom stereocenters. The number of halogens is 3. The average molecular weight is 436 g/mol. The van der Waals surface area contributed by atoms with Gasteiger partial charge in [0.05, 0.1) is 15.9 Å². The second-order valence-corrected chi connectivity index (χ2v) is 6.97. The van der Waals surface area contributed by atoms with Crippen LogP contribution in [0, 0.1) is 0 Å². The van der Waals surface area contributed by atoms with E-state index in [9.17, 15) is 0 Å². The van der Waals surface area contributed by atoms with Crippen LogP contribution in [-0.4, -0.2) is 9.78 Å². The lowest BCUT2D eigenvalue weighted by Gasteiger charge is -2.15. The van der Waals surface area contributed by atoms with Gasteiger partial charge in [0.15, 0.2) is 0 Å². The van der Waals surface area contributed by atoms with Crippen LogP contribution in [0.2, 0.25) is 5.02 Å². The lowest BCUT2D eigenvalue weighted by molar-refractivity contribution is 0.584. The molecule has 1 heterocycles. The van der Waals surface area contributed by atoms with Gasteiger partial charge in [0.1, 0.15) is 0 Å². The van der Waals surface area contributed by atoms with Crippen LogP contribution in [0.15, 0.2) is 27.1 Å². The number of hydrogen-bond acceptors (Lipinski definition) is 2. The summed E-state index contributed by atoms with van der Waals surface area (Å²) in [7, 11) is 0. The maximum absolute atomic E-state index is 6.36. The normalized spacial score (nSPS) is 12.7. The monoisotopic (exact) mass is 433 g/mol. The Bertz CT molecular complexity index is 640. The van der Waals surface area contributed by atoms with Gasteiger partial charge < -0.3 is 5.73 Å². The number of nitrogens with zero attached hydrogens (tertiary/aromatic N) is 2. The highest BCUT2D eigenvalue weighted by atomic mass is 79.9. The van der Waals surface area contributed by atoms with E-state index in [4.69, 9.17) is 17.3 Å². The second-order valence-electron chi connectivity index (χ2n) is 4.85. The number of nitrogens with two attached hydrogens (primary N) is 1. The average Bonchev–Trinajstić information content (AvgIpc) is 2.75. The zero-order chi connectivity index (χ0) is 15.6. The van der Waals surface area contributed by atoms with Gasteiger partial charge in [-0.15, -0.1) is 0 Å². The Hall–Kier alpha value is -0.360. The highest BCUT2D eigenvalue weighted by Crippen LogP contribution is 2.30. The molecule has 6 heteroatoms. The van der Waals surface area contributed by atoms with E-state index >= 15 is 0 Å². The molecular weight excluding hydrogens is 417 g/mol. The van der Waals surface area contributed by atoms with E-state index in [1.807, 2.05) is 22.9 Å². The molecule has 1 aromatic carbocycles. The van der Waals surface area contributed by atoms with Crippen molar-refractivity contribution in [3.05, 3.63) is 49.1 Å². The van der Waals surface area contributed by atoms with Gasteiger partial charge in [0.2, 0.25) is 0 Å². The van der Waals surface area contributed by atoms with Gasteiger partial charge in [-0.1, -0.05) is 40.5 Å². The molecule has 0 saturated carbocycles. The van der Waals surface area contributed by atoms with Gasteiger partial charge in [-0.25, -0.2) is 0 Å². The molecule has 0 bridgehead atoms. The van der Waals surface area contributed by atoms with Gasteiger partial charge >= 0.3 is 0 Å². The fourth-order valence-electron chi connectivity index (χ4n) is 2.33. The third-order valence-electron chi connectivity index (χ3n) is 3.47.